The molecule has 6 heteroatoms. The first-order chi connectivity index (χ1) is 35.0. The zero-order chi connectivity index (χ0) is 51.4. The third-order valence-electron chi connectivity index (χ3n) is 15.0. The van der Waals surface area contributed by atoms with Crippen LogP contribution in [0.2, 0.25) is 0 Å². The second-order valence-electron chi connectivity index (χ2n) is 22.1. The molecule has 0 saturated carbocycles. The van der Waals surface area contributed by atoms with Gasteiger partial charge in [0.25, 0.3) is 0 Å². The van der Waals surface area contributed by atoms with Crippen LogP contribution in [0.1, 0.15) is 354 Å². The number of carbonyl (C=O) groups excluding carboxylic acids is 2. The molecular weight excluding hydrogens is 875 g/mol. The molecule has 0 bridgehead atoms. The highest BCUT2D eigenvalue weighted by Crippen LogP contribution is 2.18. The molecule has 71 heavy (non-hydrogen) atoms. The summed E-state index contributed by atoms with van der Waals surface area (Å²) in [4.78, 5) is 24.5. The van der Waals surface area contributed by atoms with Crippen molar-refractivity contribution in [3.63, 3.8) is 0 Å². The summed E-state index contributed by atoms with van der Waals surface area (Å²) >= 11 is 0. The van der Waals surface area contributed by atoms with Gasteiger partial charge in [0, 0.05) is 12.8 Å². The predicted molar refractivity (Wildman–Crippen MR) is 310 cm³/mol. The zero-order valence-electron chi connectivity index (χ0n) is 48.0. The highest BCUT2D eigenvalue weighted by molar-refractivity contribution is 5.76. The number of ether oxygens (including phenoxy) is 1. The SMILES string of the molecule is CCCCC/C=C\C/C=C\CCCCCCCC(=O)OCCCCCCCCCCCCCCCCCCCCCCCCCCCC(=O)N[C@@H](CO)[C@H](O)CCCCCCCCCCCCCCCC. The normalized spacial score (nSPS) is 12.7. The lowest BCUT2D eigenvalue weighted by atomic mass is 10.0. The van der Waals surface area contributed by atoms with E-state index in [1.165, 1.54) is 270 Å². The van der Waals surface area contributed by atoms with Gasteiger partial charge in [-0.3, -0.25) is 9.59 Å². The summed E-state index contributed by atoms with van der Waals surface area (Å²) in [5.74, 6) is -0.0287. The highest BCUT2D eigenvalue weighted by atomic mass is 16.5. The molecule has 1 amide bonds. The van der Waals surface area contributed by atoms with Gasteiger partial charge < -0.3 is 20.3 Å². The van der Waals surface area contributed by atoms with Crippen molar-refractivity contribution in [3.05, 3.63) is 24.3 Å². The van der Waals surface area contributed by atoms with Gasteiger partial charge in [0.1, 0.15) is 0 Å². The average molecular weight is 1000 g/mol. The van der Waals surface area contributed by atoms with Crippen molar-refractivity contribution >= 4 is 11.9 Å². The van der Waals surface area contributed by atoms with Crippen molar-refractivity contribution < 1.29 is 24.5 Å². The molecule has 0 aliphatic carbocycles. The standard InChI is InChI=1S/C65H125NO5/c1-3-5-7-9-11-13-15-17-30-35-39-43-47-51-55-59-65(70)71-60-56-52-48-44-40-36-32-29-27-25-23-21-19-20-22-24-26-28-31-34-38-42-46-50-54-58-64(69)66-62(61-67)63(68)57-53-49-45-41-37-33-18-16-14-12-10-8-6-4-2/h11,13,17,30,62-63,67-68H,3-10,12,14-16,18-29,31-61H2,1-2H3,(H,66,69)/b13-11-,30-17-/t62-,63+/m0/s1. The Kier molecular flexibility index (Phi) is 59.5. The van der Waals surface area contributed by atoms with E-state index in [4.69, 9.17) is 4.74 Å². The van der Waals surface area contributed by atoms with Crippen molar-refractivity contribution in [2.24, 2.45) is 0 Å². The Bertz CT molecular complexity index is 1110. The first kappa shape index (κ1) is 69.3. The fourth-order valence-electron chi connectivity index (χ4n) is 10.1. The number of unbranched alkanes of at least 4 members (excludes halogenated alkanes) is 45. The van der Waals surface area contributed by atoms with Crippen LogP contribution in [0.5, 0.6) is 0 Å². The number of hydrogen-bond acceptors (Lipinski definition) is 5. The Hall–Kier alpha value is -1.66. The maximum Gasteiger partial charge on any atom is 0.305 e. The van der Waals surface area contributed by atoms with Gasteiger partial charge in [-0.25, -0.2) is 0 Å². The Labute approximate surface area is 443 Å². The summed E-state index contributed by atoms with van der Waals surface area (Å²) in [7, 11) is 0. The number of carbonyl (C=O) groups is 2. The van der Waals surface area contributed by atoms with E-state index in [2.05, 4.69) is 43.5 Å². The molecular formula is C65H125NO5. The number of esters is 1. The van der Waals surface area contributed by atoms with E-state index in [-0.39, 0.29) is 18.5 Å². The highest BCUT2D eigenvalue weighted by Gasteiger charge is 2.20. The number of allylic oxidation sites excluding steroid dienone is 4. The lowest BCUT2D eigenvalue weighted by Gasteiger charge is -2.22. The van der Waals surface area contributed by atoms with Crippen molar-refractivity contribution in [1.29, 1.82) is 0 Å². The first-order valence-corrected chi connectivity index (χ1v) is 32.1. The molecule has 0 aromatic heterocycles. The van der Waals surface area contributed by atoms with Gasteiger partial charge >= 0.3 is 5.97 Å². The monoisotopic (exact) mass is 1000 g/mol. The summed E-state index contributed by atoms with van der Waals surface area (Å²) in [6.07, 6.45) is 74.8. The van der Waals surface area contributed by atoms with Crippen LogP contribution in [0, 0.1) is 0 Å². The van der Waals surface area contributed by atoms with Gasteiger partial charge in [0.2, 0.25) is 5.91 Å². The van der Waals surface area contributed by atoms with Crippen LogP contribution in [0.3, 0.4) is 0 Å². The van der Waals surface area contributed by atoms with E-state index in [9.17, 15) is 19.8 Å². The van der Waals surface area contributed by atoms with Crippen LogP contribution in [0.4, 0.5) is 0 Å². The number of aliphatic hydroxyl groups excluding tert-OH is 2. The number of amides is 1. The Morgan fingerprint density at radius 3 is 1.10 bits per heavy atom. The third-order valence-corrected chi connectivity index (χ3v) is 15.0. The summed E-state index contributed by atoms with van der Waals surface area (Å²) in [6.45, 7) is 4.94. The van der Waals surface area contributed by atoms with Crippen LogP contribution < -0.4 is 5.32 Å². The van der Waals surface area contributed by atoms with Crippen LogP contribution in [-0.2, 0) is 14.3 Å². The van der Waals surface area contributed by atoms with E-state index < -0.39 is 12.1 Å². The Balaban J connectivity index is 3.35. The molecule has 0 unspecified atom stereocenters. The first-order valence-electron chi connectivity index (χ1n) is 32.1. The van der Waals surface area contributed by atoms with Crippen molar-refractivity contribution in [2.45, 2.75) is 366 Å². The summed E-state index contributed by atoms with van der Waals surface area (Å²) in [5, 5.41) is 23.3. The molecule has 0 aliphatic heterocycles. The van der Waals surface area contributed by atoms with Gasteiger partial charge in [0.05, 0.1) is 25.4 Å². The Morgan fingerprint density at radius 2 is 0.704 bits per heavy atom. The quantitative estimate of drug-likeness (QED) is 0.0320. The summed E-state index contributed by atoms with van der Waals surface area (Å²) in [6, 6.07) is -0.539. The van der Waals surface area contributed by atoms with E-state index in [1.54, 1.807) is 0 Å². The van der Waals surface area contributed by atoms with Gasteiger partial charge in [-0.1, -0.05) is 308 Å². The number of nitrogens with one attached hydrogen (secondary N) is 1. The third kappa shape index (κ3) is 57.5. The van der Waals surface area contributed by atoms with Gasteiger partial charge in [-0.15, -0.1) is 0 Å². The summed E-state index contributed by atoms with van der Waals surface area (Å²) in [5.41, 5.74) is 0. The molecule has 0 rings (SSSR count). The van der Waals surface area contributed by atoms with E-state index in [0.717, 1.165) is 51.4 Å². The number of hydrogen-bond donors (Lipinski definition) is 3. The van der Waals surface area contributed by atoms with Crippen LogP contribution in [-0.4, -0.2) is 47.4 Å². The molecule has 6 nitrogen and oxygen atoms in total. The Morgan fingerprint density at radius 1 is 0.394 bits per heavy atom. The molecule has 420 valence electrons. The van der Waals surface area contributed by atoms with Gasteiger partial charge in [-0.2, -0.15) is 0 Å². The van der Waals surface area contributed by atoms with Crippen molar-refractivity contribution in [3.8, 4) is 0 Å². The molecule has 2 atom stereocenters. The molecule has 3 N–H and O–H groups in total. The van der Waals surface area contributed by atoms with E-state index in [0.29, 0.717) is 25.9 Å². The largest absolute Gasteiger partial charge is 0.466 e. The second kappa shape index (κ2) is 60.9. The average Bonchev–Trinajstić information content (AvgIpc) is 3.37. The zero-order valence-corrected chi connectivity index (χ0v) is 48.0. The van der Waals surface area contributed by atoms with Crippen LogP contribution in [0.25, 0.3) is 0 Å². The molecule has 0 fully saturated rings. The minimum atomic E-state index is -0.662. The lowest BCUT2D eigenvalue weighted by molar-refractivity contribution is -0.143. The van der Waals surface area contributed by atoms with Crippen LogP contribution >= 0.6 is 0 Å². The van der Waals surface area contributed by atoms with E-state index in [1.807, 2.05) is 0 Å². The minimum Gasteiger partial charge on any atom is -0.466 e. The van der Waals surface area contributed by atoms with Gasteiger partial charge in [-0.05, 0) is 57.8 Å². The van der Waals surface area contributed by atoms with E-state index >= 15 is 0 Å². The predicted octanol–water partition coefficient (Wildman–Crippen LogP) is 20.2. The topological polar surface area (TPSA) is 95.9 Å². The molecule has 0 radical (unpaired) electrons. The molecule has 0 spiro atoms. The summed E-state index contributed by atoms with van der Waals surface area (Å²) < 4.78 is 5.48. The van der Waals surface area contributed by atoms with Crippen molar-refractivity contribution in [2.75, 3.05) is 13.2 Å². The fourth-order valence-corrected chi connectivity index (χ4v) is 10.1. The molecule has 0 heterocycles. The molecule has 0 aliphatic rings. The maximum absolute atomic E-state index is 12.5. The number of rotatable bonds is 60. The number of aliphatic hydroxyl groups is 2. The smallest absolute Gasteiger partial charge is 0.305 e. The molecule has 0 saturated heterocycles. The van der Waals surface area contributed by atoms with Crippen molar-refractivity contribution in [1.82, 2.24) is 5.32 Å². The van der Waals surface area contributed by atoms with Gasteiger partial charge in [0.15, 0.2) is 0 Å². The van der Waals surface area contributed by atoms with Crippen LogP contribution in [0.15, 0.2) is 24.3 Å². The maximum atomic E-state index is 12.5. The molecule has 0 aromatic carbocycles. The minimum absolute atomic E-state index is 0.00278. The second-order valence-corrected chi connectivity index (χ2v) is 22.1. The molecule has 0 aromatic rings. The lowest BCUT2D eigenvalue weighted by Crippen LogP contribution is -2.45. The fraction of sp³-hybridized carbons (Fsp3) is 0.908.